The predicted octanol–water partition coefficient (Wildman–Crippen LogP) is 2.34. The number of aromatic hydroxyl groups is 1. The number of hydrogen-bond donors (Lipinski definition) is 3. The third kappa shape index (κ3) is 5.57. The van der Waals surface area contributed by atoms with Crippen LogP contribution in [0.2, 0.25) is 0 Å². The zero-order valence-corrected chi connectivity index (χ0v) is 12.2. The van der Waals surface area contributed by atoms with Crippen molar-refractivity contribution in [1.82, 2.24) is 10.6 Å². The Bertz CT molecular complexity index is 449. The summed E-state index contributed by atoms with van der Waals surface area (Å²) in [5, 5.41) is 15.1. The second kappa shape index (κ2) is 7.85. The molecule has 5 heteroatoms. The molecule has 1 amide bonds. The van der Waals surface area contributed by atoms with Crippen molar-refractivity contribution in [3.63, 3.8) is 0 Å². The van der Waals surface area contributed by atoms with Gasteiger partial charge in [0.15, 0.2) is 0 Å². The van der Waals surface area contributed by atoms with Crippen molar-refractivity contribution in [2.24, 2.45) is 5.92 Å². The fourth-order valence-electron chi connectivity index (χ4n) is 1.79. The molecule has 3 N–H and O–H groups in total. The summed E-state index contributed by atoms with van der Waals surface area (Å²) in [6.07, 6.45) is 0.358. The van der Waals surface area contributed by atoms with Gasteiger partial charge in [-0.2, -0.15) is 0 Å². The summed E-state index contributed by atoms with van der Waals surface area (Å²) in [6.45, 7) is 7.04. The lowest BCUT2D eigenvalue weighted by atomic mass is 10.1. The summed E-state index contributed by atoms with van der Waals surface area (Å²) in [6, 6.07) is 3.86. The maximum atomic E-state index is 13.6. The normalized spacial score (nSPS) is 12.4. The third-order valence-electron chi connectivity index (χ3n) is 2.96. The maximum Gasteiger partial charge on any atom is 0.221 e. The number of carbonyl (C=O) groups excluding carboxylic acids is 1. The Labute approximate surface area is 119 Å². The van der Waals surface area contributed by atoms with Crippen LogP contribution in [0, 0.1) is 11.7 Å². The van der Waals surface area contributed by atoms with Gasteiger partial charge in [-0.05, 0) is 18.9 Å². The summed E-state index contributed by atoms with van der Waals surface area (Å²) in [5.41, 5.74) is 0.477. The minimum atomic E-state index is -0.450. The molecule has 0 spiro atoms. The van der Waals surface area contributed by atoms with Crippen LogP contribution in [0.4, 0.5) is 4.39 Å². The Hall–Kier alpha value is -1.62. The first-order valence-electron chi connectivity index (χ1n) is 6.88. The van der Waals surface area contributed by atoms with Gasteiger partial charge in [0.1, 0.15) is 11.6 Å². The highest BCUT2D eigenvalue weighted by Crippen LogP contribution is 2.20. The quantitative estimate of drug-likeness (QED) is 0.719. The van der Waals surface area contributed by atoms with Gasteiger partial charge in [-0.3, -0.25) is 4.79 Å². The molecule has 0 radical (unpaired) electrons. The van der Waals surface area contributed by atoms with Crippen molar-refractivity contribution in [1.29, 1.82) is 0 Å². The van der Waals surface area contributed by atoms with E-state index in [-0.39, 0.29) is 17.7 Å². The second-order valence-electron chi connectivity index (χ2n) is 5.33. The van der Waals surface area contributed by atoms with Gasteiger partial charge in [-0.15, -0.1) is 0 Å². The average Bonchev–Trinajstić information content (AvgIpc) is 2.36. The predicted molar refractivity (Wildman–Crippen MR) is 76.9 cm³/mol. The van der Waals surface area contributed by atoms with Crippen molar-refractivity contribution >= 4 is 5.91 Å². The number of hydrogen-bond acceptors (Lipinski definition) is 3. The van der Waals surface area contributed by atoms with E-state index < -0.39 is 5.82 Å². The average molecular weight is 282 g/mol. The molecule has 1 aromatic rings. The topological polar surface area (TPSA) is 61.4 Å². The molecule has 1 unspecified atom stereocenters. The van der Waals surface area contributed by atoms with Crippen LogP contribution in [0.25, 0.3) is 0 Å². The van der Waals surface area contributed by atoms with E-state index in [1.165, 1.54) is 6.07 Å². The highest BCUT2D eigenvalue weighted by molar-refractivity contribution is 5.76. The number of benzene rings is 1. The van der Waals surface area contributed by atoms with E-state index in [9.17, 15) is 9.18 Å². The molecule has 0 bridgehead atoms. The first kappa shape index (κ1) is 16.4. The summed E-state index contributed by atoms with van der Waals surface area (Å²) in [5.74, 6) is -0.123. The van der Waals surface area contributed by atoms with E-state index in [0.717, 1.165) is 6.07 Å². The molecule has 0 saturated carbocycles. The standard InChI is InChI=1S/C15H23FN2O2/c1-10(2)9-18-15(20)6-7-17-11(3)13-5-4-12(19)8-14(13)16/h4-5,8,10-11,17,19H,6-7,9H2,1-3H3,(H,18,20). The molecule has 0 fully saturated rings. The lowest BCUT2D eigenvalue weighted by Crippen LogP contribution is -2.31. The largest absolute Gasteiger partial charge is 0.508 e. The summed E-state index contributed by atoms with van der Waals surface area (Å²) in [7, 11) is 0. The molecule has 0 heterocycles. The van der Waals surface area contributed by atoms with Crippen LogP contribution in [0.1, 0.15) is 38.8 Å². The van der Waals surface area contributed by atoms with E-state index in [2.05, 4.69) is 10.6 Å². The van der Waals surface area contributed by atoms with Gasteiger partial charge in [-0.1, -0.05) is 19.9 Å². The van der Waals surface area contributed by atoms with E-state index in [1.54, 1.807) is 6.07 Å². The minimum absolute atomic E-state index is 0.00965. The Kier molecular flexibility index (Phi) is 6.45. The van der Waals surface area contributed by atoms with Crippen LogP contribution in [-0.2, 0) is 4.79 Å². The van der Waals surface area contributed by atoms with Crippen LogP contribution in [-0.4, -0.2) is 24.1 Å². The first-order valence-corrected chi connectivity index (χ1v) is 6.88. The summed E-state index contributed by atoms with van der Waals surface area (Å²) >= 11 is 0. The Morgan fingerprint density at radius 2 is 2.05 bits per heavy atom. The second-order valence-corrected chi connectivity index (χ2v) is 5.33. The maximum absolute atomic E-state index is 13.6. The van der Waals surface area contributed by atoms with E-state index in [0.29, 0.717) is 31.0 Å². The molecule has 0 saturated heterocycles. The van der Waals surface area contributed by atoms with Crippen LogP contribution < -0.4 is 10.6 Å². The van der Waals surface area contributed by atoms with Gasteiger partial charge in [0.05, 0.1) is 0 Å². The van der Waals surface area contributed by atoms with Crippen molar-refractivity contribution in [3.05, 3.63) is 29.6 Å². The molecule has 20 heavy (non-hydrogen) atoms. The van der Waals surface area contributed by atoms with Crippen molar-refractivity contribution in [2.45, 2.75) is 33.2 Å². The highest BCUT2D eigenvalue weighted by Gasteiger charge is 2.11. The molecule has 4 nitrogen and oxygen atoms in total. The van der Waals surface area contributed by atoms with Gasteiger partial charge in [-0.25, -0.2) is 4.39 Å². The van der Waals surface area contributed by atoms with Gasteiger partial charge in [0.25, 0.3) is 0 Å². The highest BCUT2D eigenvalue weighted by atomic mass is 19.1. The van der Waals surface area contributed by atoms with E-state index >= 15 is 0 Å². The van der Waals surface area contributed by atoms with Crippen molar-refractivity contribution in [2.75, 3.05) is 13.1 Å². The molecule has 1 aromatic carbocycles. The molecule has 1 atom stereocenters. The monoisotopic (exact) mass is 282 g/mol. The van der Waals surface area contributed by atoms with Crippen LogP contribution in [0.3, 0.4) is 0 Å². The summed E-state index contributed by atoms with van der Waals surface area (Å²) < 4.78 is 13.6. The molecule has 0 aliphatic carbocycles. The SMILES string of the molecule is CC(C)CNC(=O)CCNC(C)c1ccc(O)cc1F. The van der Waals surface area contributed by atoms with E-state index in [4.69, 9.17) is 5.11 Å². The number of amides is 1. The third-order valence-corrected chi connectivity index (χ3v) is 2.96. The number of rotatable bonds is 7. The fraction of sp³-hybridized carbons (Fsp3) is 0.533. The van der Waals surface area contributed by atoms with Gasteiger partial charge < -0.3 is 15.7 Å². The fourth-order valence-corrected chi connectivity index (χ4v) is 1.79. The molecule has 0 aliphatic heterocycles. The molecular weight excluding hydrogens is 259 g/mol. The summed E-state index contributed by atoms with van der Waals surface area (Å²) in [4.78, 5) is 11.5. The Balaban J connectivity index is 2.36. The first-order chi connectivity index (χ1) is 9.40. The van der Waals surface area contributed by atoms with Crippen LogP contribution >= 0.6 is 0 Å². The molecule has 0 aromatic heterocycles. The number of phenols is 1. The Morgan fingerprint density at radius 3 is 2.65 bits per heavy atom. The number of nitrogens with one attached hydrogen (secondary N) is 2. The van der Waals surface area contributed by atoms with Gasteiger partial charge in [0.2, 0.25) is 5.91 Å². The molecule has 112 valence electrons. The molecule has 1 rings (SSSR count). The van der Waals surface area contributed by atoms with Crippen LogP contribution in [0.15, 0.2) is 18.2 Å². The lowest BCUT2D eigenvalue weighted by molar-refractivity contribution is -0.121. The van der Waals surface area contributed by atoms with Gasteiger partial charge >= 0.3 is 0 Å². The zero-order chi connectivity index (χ0) is 15.1. The minimum Gasteiger partial charge on any atom is -0.508 e. The number of phenolic OH excluding ortho intramolecular Hbond substituents is 1. The lowest BCUT2D eigenvalue weighted by Gasteiger charge is -2.15. The molecule has 0 aliphatic rings. The molecular formula is C15H23FN2O2. The van der Waals surface area contributed by atoms with Crippen LogP contribution in [0.5, 0.6) is 5.75 Å². The Morgan fingerprint density at radius 1 is 1.35 bits per heavy atom. The van der Waals surface area contributed by atoms with E-state index in [1.807, 2.05) is 20.8 Å². The zero-order valence-electron chi connectivity index (χ0n) is 12.2. The van der Waals surface area contributed by atoms with Crippen molar-refractivity contribution in [3.8, 4) is 5.75 Å². The smallest absolute Gasteiger partial charge is 0.221 e. The number of carbonyl (C=O) groups is 1. The van der Waals surface area contributed by atoms with Gasteiger partial charge in [0, 0.05) is 37.2 Å². The number of halogens is 1. The van der Waals surface area contributed by atoms with Crippen molar-refractivity contribution < 1.29 is 14.3 Å².